The number of rotatable bonds is 7. The van der Waals surface area contributed by atoms with Crippen LogP contribution in [-0.4, -0.2) is 45.2 Å². The molecule has 0 aliphatic carbocycles. The van der Waals surface area contributed by atoms with Crippen LogP contribution in [0, 0.1) is 0 Å². The van der Waals surface area contributed by atoms with Crippen molar-refractivity contribution in [1.82, 2.24) is 19.7 Å². The van der Waals surface area contributed by atoms with Crippen molar-refractivity contribution in [3.8, 4) is 11.4 Å². The third kappa shape index (κ3) is 5.36. The first-order chi connectivity index (χ1) is 17.6. The molecule has 1 saturated heterocycles. The van der Waals surface area contributed by atoms with E-state index in [1.54, 1.807) is 10.9 Å². The average molecular weight is 482 g/mol. The lowest BCUT2D eigenvalue weighted by Crippen LogP contribution is -2.34. The zero-order chi connectivity index (χ0) is 24.9. The van der Waals surface area contributed by atoms with Gasteiger partial charge in [-0.05, 0) is 80.7 Å². The summed E-state index contributed by atoms with van der Waals surface area (Å²) in [7, 11) is 0. The van der Waals surface area contributed by atoms with Gasteiger partial charge in [-0.15, -0.1) is 0 Å². The van der Waals surface area contributed by atoms with Gasteiger partial charge in [0.2, 0.25) is 5.91 Å². The number of carbonyl (C=O) groups is 1. The molecule has 2 aromatic heterocycles. The fourth-order valence-corrected chi connectivity index (χ4v) is 5.09. The molecule has 4 aromatic rings. The van der Waals surface area contributed by atoms with Gasteiger partial charge in [0.1, 0.15) is 5.69 Å². The molecule has 184 valence electrons. The maximum atomic E-state index is 13.1. The molecule has 7 nitrogen and oxygen atoms in total. The molecule has 1 aliphatic heterocycles. The number of piperidine rings is 1. The van der Waals surface area contributed by atoms with E-state index in [0.717, 1.165) is 61.4 Å². The molecular formula is C29H31N5O2. The molecule has 5 rings (SSSR count). The van der Waals surface area contributed by atoms with Crippen molar-refractivity contribution in [1.29, 1.82) is 0 Å². The number of fused-ring (bicyclic) bond motifs is 1. The number of amides is 1. The number of nitrogens with zero attached hydrogens (tertiary/aromatic N) is 4. The van der Waals surface area contributed by atoms with Gasteiger partial charge in [-0.3, -0.25) is 14.6 Å². The fourth-order valence-electron chi connectivity index (χ4n) is 5.09. The van der Waals surface area contributed by atoms with E-state index in [9.17, 15) is 9.59 Å². The summed E-state index contributed by atoms with van der Waals surface area (Å²) in [4.78, 5) is 31.4. The number of hydrogen-bond donors (Lipinski definition) is 1. The summed E-state index contributed by atoms with van der Waals surface area (Å²) in [5, 5.41) is 9.12. The number of pyridine rings is 1. The minimum atomic E-state index is -0.0527. The number of aryl methyl sites for hydroxylation is 1. The summed E-state index contributed by atoms with van der Waals surface area (Å²) in [5.74, 6) is 0.454. The molecule has 1 aliphatic rings. The van der Waals surface area contributed by atoms with Crippen LogP contribution in [0.1, 0.15) is 37.7 Å². The zero-order valence-corrected chi connectivity index (χ0v) is 20.6. The molecule has 1 N–H and O–H groups in total. The molecule has 0 atom stereocenters. The highest BCUT2D eigenvalue weighted by molar-refractivity contribution is 5.92. The minimum Gasteiger partial charge on any atom is -0.326 e. The van der Waals surface area contributed by atoms with Crippen LogP contribution in [0.25, 0.3) is 22.2 Å². The summed E-state index contributed by atoms with van der Waals surface area (Å²) in [6.45, 7) is 5.08. The quantitative estimate of drug-likeness (QED) is 0.414. The highest BCUT2D eigenvalue weighted by Crippen LogP contribution is 2.29. The molecule has 2 aromatic carbocycles. The van der Waals surface area contributed by atoms with Crippen LogP contribution in [0.15, 0.2) is 77.7 Å². The molecule has 1 fully saturated rings. The van der Waals surface area contributed by atoms with Gasteiger partial charge in [0, 0.05) is 30.7 Å². The Morgan fingerprint density at radius 2 is 1.75 bits per heavy atom. The molecule has 0 saturated carbocycles. The number of nitrogens with one attached hydrogen (secondary N) is 1. The van der Waals surface area contributed by atoms with Crippen molar-refractivity contribution in [2.75, 3.05) is 25.0 Å². The normalized spacial score (nSPS) is 14.7. The van der Waals surface area contributed by atoms with Crippen molar-refractivity contribution in [2.24, 2.45) is 0 Å². The van der Waals surface area contributed by atoms with E-state index >= 15 is 0 Å². The second-order valence-corrected chi connectivity index (χ2v) is 9.41. The Morgan fingerprint density at radius 1 is 0.972 bits per heavy atom. The highest BCUT2D eigenvalue weighted by Gasteiger charge is 2.21. The largest absolute Gasteiger partial charge is 0.326 e. The molecule has 0 spiro atoms. The number of benzene rings is 2. The second kappa shape index (κ2) is 10.8. The lowest BCUT2D eigenvalue weighted by atomic mass is 9.89. The van der Waals surface area contributed by atoms with Crippen LogP contribution in [0.5, 0.6) is 0 Å². The zero-order valence-electron chi connectivity index (χ0n) is 20.6. The molecule has 0 bridgehead atoms. The van der Waals surface area contributed by atoms with E-state index in [-0.39, 0.29) is 11.5 Å². The summed E-state index contributed by atoms with van der Waals surface area (Å²) in [6, 6.07) is 21.6. The van der Waals surface area contributed by atoms with Gasteiger partial charge in [0.25, 0.3) is 5.56 Å². The van der Waals surface area contributed by atoms with Crippen molar-refractivity contribution in [3.63, 3.8) is 0 Å². The maximum absolute atomic E-state index is 13.1. The average Bonchev–Trinajstić information content (AvgIpc) is 2.91. The van der Waals surface area contributed by atoms with Crippen molar-refractivity contribution < 1.29 is 4.79 Å². The summed E-state index contributed by atoms with van der Waals surface area (Å²) < 4.78 is 1.60. The molecule has 36 heavy (non-hydrogen) atoms. The second-order valence-electron chi connectivity index (χ2n) is 9.41. The standard InChI is InChI=1S/C29H31N5O2/c1-21(35)31-24-9-6-8-23(20-24)22-13-18-33(19-14-22)16-7-17-34-29(36)26-11-3-2-10-25(26)28(32-34)27-12-4-5-15-30-27/h2-6,8-12,15,20,22H,7,13-14,16-19H2,1H3,(H,31,35). The molecule has 1 amide bonds. The summed E-state index contributed by atoms with van der Waals surface area (Å²) in [5.41, 5.74) is 3.61. The summed E-state index contributed by atoms with van der Waals surface area (Å²) >= 11 is 0. The van der Waals surface area contributed by atoms with E-state index in [1.165, 1.54) is 12.5 Å². The predicted octanol–water partition coefficient (Wildman–Crippen LogP) is 4.69. The number of carbonyl (C=O) groups excluding carboxylic acids is 1. The third-order valence-corrected chi connectivity index (χ3v) is 6.89. The Labute approximate surface area is 210 Å². The molecule has 0 radical (unpaired) electrons. The third-order valence-electron chi connectivity index (χ3n) is 6.89. The van der Waals surface area contributed by atoms with Crippen LogP contribution < -0.4 is 10.9 Å². The van der Waals surface area contributed by atoms with Crippen LogP contribution in [0.3, 0.4) is 0 Å². The first kappa shape index (κ1) is 23.9. The van der Waals surface area contributed by atoms with E-state index in [1.807, 2.05) is 54.6 Å². The lowest BCUT2D eigenvalue weighted by molar-refractivity contribution is -0.114. The number of anilines is 1. The smallest absolute Gasteiger partial charge is 0.274 e. The monoisotopic (exact) mass is 481 g/mol. The Morgan fingerprint density at radius 3 is 2.50 bits per heavy atom. The Hall–Kier alpha value is -3.84. The van der Waals surface area contributed by atoms with E-state index in [2.05, 4.69) is 27.3 Å². The summed E-state index contributed by atoms with van der Waals surface area (Å²) in [6.07, 6.45) is 4.78. The van der Waals surface area contributed by atoms with E-state index < -0.39 is 0 Å². The van der Waals surface area contributed by atoms with Crippen molar-refractivity contribution in [3.05, 3.63) is 88.8 Å². The van der Waals surface area contributed by atoms with Gasteiger partial charge < -0.3 is 10.2 Å². The van der Waals surface area contributed by atoms with Crippen LogP contribution in [0.4, 0.5) is 5.69 Å². The molecule has 3 heterocycles. The van der Waals surface area contributed by atoms with E-state index in [4.69, 9.17) is 5.10 Å². The topological polar surface area (TPSA) is 80.1 Å². The predicted molar refractivity (Wildman–Crippen MR) is 143 cm³/mol. The first-order valence-electron chi connectivity index (χ1n) is 12.6. The SMILES string of the molecule is CC(=O)Nc1cccc(C2CCN(CCCn3nc(-c4ccccn4)c4ccccc4c3=O)CC2)c1. The molecule has 0 unspecified atom stereocenters. The Bertz CT molecular complexity index is 1410. The van der Waals surface area contributed by atoms with E-state index in [0.29, 0.717) is 17.8 Å². The maximum Gasteiger partial charge on any atom is 0.274 e. The number of aromatic nitrogens is 3. The fraction of sp³-hybridized carbons (Fsp3) is 0.310. The Balaban J connectivity index is 1.22. The Kier molecular flexibility index (Phi) is 7.18. The van der Waals surface area contributed by atoms with Gasteiger partial charge in [0.15, 0.2) is 0 Å². The van der Waals surface area contributed by atoms with Crippen LogP contribution in [-0.2, 0) is 11.3 Å². The van der Waals surface area contributed by atoms with Gasteiger partial charge in [-0.2, -0.15) is 5.10 Å². The number of likely N-dealkylation sites (tertiary alicyclic amines) is 1. The van der Waals surface area contributed by atoms with Crippen LogP contribution >= 0.6 is 0 Å². The van der Waals surface area contributed by atoms with Gasteiger partial charge in [0.05, 0.1) is 11.1 Å². The molecule has 7 heteroatoms. The van der Waals surface area contributed by atoms with Crippen molar-refractivity contribution in [2.45, 2.75) is 38.6 Å². The van der Waals surface area contributed by atoms with Crippen molar-refractivity contribution >= 4 is 22.4 Å². The minimum absolute atomic E-state index is 0.0471. The lowest BCUT2D eigenvalue weighted by Gasteiger charge is -2.32. The number of hydrogen-bond acceptors (Lipinski definition) is 5. The first-order valence-corrected chi connectivity index (χ1v) is 12.6. The van der Waals surface area contributed by atoms with Gasteiger partial charge in [-0.1, -0.05) is 36.4 Å². The molecular weight excluding hydrogens is 450 g/mol. The van der Waals surface area contributed by atoms with Crippen LogP contribution in [0.2, 0.25) is 0 Å². The highest BCUT2D eigenvalue weighted by atomic mass is 16.1. The van der Waals surface area contributed by atoms with Gasteiger partial charge >= 0.3 is 0 Å². The van der Waals surface area contributed by atoms with Gasteiger partial charge in [-0.25, -0.2) is 4.68 Å².